The summed E-state index contributed by atoms with van der Waals surface area (Å²) >= 11 is 0. The van der Waals surface area contributed by atoms with Crippen molar-refractivity contribution in [3.63, 3.8) is 0 Å². The van der Waals surface area contributed by atoms with Crippen molar-refractivity contribution >= 4 is 16.9 Å². The van der Waals surface area contributed by atoms with Crippen LogP contribution in [0.1, 0.15) is 50.6 Å². The van der Waals surface area contributed by atoms with Gasteiger partial charge in [-0.3, -0.25) is 0 Å². The zero-order valence-corrected chi connectivity index (χ0v) is 18.7. The number of nitrogens with zero attached hydrogens (tertiary/aromatic N) is 3. The summed E-state index contributed by atoms with van der Waals surface area (Å²) in [6.07, 6.45) is 7.99. The van der Waals surface area contributed by atoms with Crippen molar-refractivity contribution in [3.8, 4) is 5.75 Å². The molecule has 0 radical (unpaired) electrons. The molecule has 1 aromatic carbocycles. The number of anilines is 1. The first-order valence-corrected chi connectivity index (χ1v) is 12.1. The molecular formula is C25H34N4O2. The zero-order valence-electron chi connectivity index (χ0n) is 18.7. The number of piperidine rings is 1. The van der Waals surface area contributed by atoms with Gasteiger partial charge in [0.05, 0.1) is 23.9 Å². The second-order valence-corrected chi connectivity index (χ2v) is 10.6. The van der Waals surface area contributed by atoms with Crippen LogP contribution in [0.2, 0.25) is 0 Å². The van der Waals surface area contributed by atoms with E-state index in [0.717, 1.165) is 79.4 Å². The molecule has 1 aromatic heterocycles. The normalized spacial score (nSPS) is 35.1. The summed E-state index contributed by atoms with van der Waals surface area (Å²) < 4.78 is 5.38. The van der Waals surface area contributed by atoms with E-state index in [-0.39, 0.29) is 5.60 Å². The summed E-state index contributed by atoms with van der Waals surface area (Å²) in [6, 6.07) is 7.20. The monoisotopic (exact) mass is 422 g/mol. The molecule has 2 aromatic rings. The average molecular weight is 423 g/mol. The van der Waals surface area contributed by atoms with E-state index in [0.29, 0.717) is 23.9 Å². The first-order chi connectivity index (χ1) is 15.0. The number of methoxy groups -OCH3 is 1. The Balaban J connectivity index is 1.12. The highest BCUT2D eigenvalue weighted by Gasteiger charge is 2.54. The highest BCUT2D eigenvalue weighted by Crippen LogP contribution is 2.55. The van der Waals surface area contributed by atoms with Crippen LogP contribution in [-0.2, 0) is 0 Å². The van der Waals surface area contributed by atoms with Crippen molar-refractivity contribution in [2.75, 3.05) is 25.1 Å². The topological polar surface area (TPSA) is 70.5 Å². The van der Waals surface area contributed by atoms with Gasteiger partial charge in [0.15, 0.2) is 0 Å². The lowest BCUT2D eigenvalue weighted by molar-refractivity contribution is -0.140. The van der Waals surface area contributed by atoms with Crippen LogP contribution in [0.3, 0.4) is 0 Å². The van der Waals surface area contributed by atoms with Crippen LogP contribution in [0.15, 0.2) is 18.2 Å². The number of ether oxygens (including phenoxy) is 1. The number of aliphatic hydroxyl groups is 1. The molecule has 5 fully saturated rings. The van der Waals surface area contributed by atoms with E-state index in [2.05, 4.69) is 17.1 Å². The molecular weight excluding hydrogens is 388 g/mol. The molecule has 4 aliphatic carbocycles. The molecule has 3 unspecified atom stereocenters. The van der Waals surface area contributed by atoms with Crippen LogP contribution in [-0.4, -0.2) is 53.0 Å². The summed E-state index contributed by atoms with van der Waals surface area (Å²) in [7, 11) is 1.69. The van der Waals surface area contributed by atoms with Gasteiger partial charge in [-0.15, -0.1) is 0 Å². The minimum Gasteiger partial charge on any atom is -0.497 e. The molecule has 2 N–H and O–H groups in total. The van der Waals surface area contributed by atoms with E-state index >= 15 is 0 Å². The highest BCUT2D eigenvalue weighted by molar-refractivity contribution is 5.83. The van der Waals surface area contributed by atoms with E-state index in [1.807, 2.05) is 18.2 Å². The number of nitrogens with one attached hydrogen (secondary N) is 1. The van der Waals surface area contributed by atoms with Gasteiger partial charge in [-0.25, -0.2) is 9.97 Å². The number of rotatable bonds is 4. The molecule has 6 nitrogen and oxygen atoms in total. The van der Waals surface area contributed by atoms with Crippen molar-refractivity contribution in [1.82, 2.24) is 15.3 Å². The van der Waals surface area contributed by atoms with Crippen LogP contribution in [0.25, 0.3) is 10.9 Å². The summed E-state index contributed by atoms with van der Waals surface area (Å²) in [5.74, 6) is 3.80. The lowest BCUT2D eigenvalue weighted by atomic mass is 9.52. The molecule has 31 heavy (non-hydrogen) atoms. The summed E-state index contributed by atoms with van der Waals surface area (Å²) in [6.45, 7) is 4.04. The highest BCUT2D eigenvalue weighted by atomic mass is 16.5. The number of aryl methyl sites for hydroxylation is 1. The van der Waals surface area contributed by atoms with E-state index in [4.69, 9.17) is 14.7 Å². The van der Waals surface area contributed by atoms with Gasteiger partial charge in [-0.1, -0.05) is 0 Å². The van der Waals surface area contributed by atoms with Crippen LogP contribution in [0, 0.1) is 24.7 Å². The Morgan fingerprint density at radius 1 is 1.10 bits per heavy atom. The van der Waals surface area contributed by atoms with Gasteiger partial charge in [-0.2, -0.15) is 0 Å². The SMILES string of the molecule is COc1ccc2c(C)nc(N3CCC(NC4[C@@H]5CC6C[C@H]4CC(O)(C6)C5)CC3)nc2c1. The third-order valence-corrected chi connectivity index (χ3v) is 8.53. The maximum atomic E-state index is 10.9. The van der Waals surface area contributed by atoms with Gasteiger partial charge in [0.2, 0.25) is 5.95 Å². The second-order valence-electron chi connectivity index (χ2n) is 10.6. The van der Waals surface area contributed by atoms with Crippen LogP contribution in [0.5, 0.6) is 5.75 Å². The Kier molecular flexibility index (Phi) is 4.65. The van der Waals surface area contributed by atoms with Gasteiger partial charge >= 0.3 is 0 Å². The Morgan fingerprint density at radius 2 is 1.84 bits per heavy atom. The van der Waals surface area contributed by atoms with Gasteiger partial charge in [-0.05, 0) is 81.8 Å². The van der Waals surface area contributed by atoms with E-state index in [1.54, 1.807) is 7.11 Å². The fraction of sp³-hybridized carbons (Fsp3) is 0.680. The number of hydrogen-bond acceptors (Lipinski definition) is 6. The van der Waals surface area contributed by atoms with Crippen molar-refractivity contribution in [1.29, 1.82) is 0 Å². The molecule has 6 heteroatoms. The Hall–Kier alpha value is -1.92. The number of fused-ring (bicyclic) bond motifs is 1. The molecule has 4 saturated carbocycles. The molecule has 0 amide bonds. The third kappa shape index (κ3) is 3.48. The second kappa shape index (κ2) is 7.31. The van der Waals surface area contributed by atoms with E-state index in [9.17, 15) is 5.11 Å². The van der Waals surface area contributed by atoms with Crippen molar-refractivity contribution < 1.29 is 9.84 Å². The number of hydrogen-bond donors (Lipinski definition) is 2. The number of aromatic nitrogens is 2. The van der Waals surface area contributed by atoms with Crippen LogP contribution in [0.4, 0.5) is 5.95 Å². The van der Waals surface area contributed by atoms with Gasteiger partial charge in [0, 0.05) is 36.6 Å². The first-order valence-electron chi connectivity index (χ1n) is 12.1. The fourth-order valence-corrected chi connectivity index (χ4v) is 7.29. The average Bonchev–Trinajstić information content (AvgIpc) is 2.75. The fourth-order valence-electron chi connectivity index (χ4n) is 7.29. The molecule has 0 spiro atoms. The number of benzene rings is 1. The standard InChI is InChI=1S/C25H34N4O2/c1-15-21-4-3-20(31-2)11-22(21)28-24(26-15)29-7-5-19(6-8-29)27-23-17-9-16-10-18(23)14-25(30,12-16)13-17/h3-4,11,16-19,23,27,30H,5-10,12-14H2,1-2H3/t16?,17-,18+,23?,25?. The molecule has 1 saturated heterocycles. The molecule has 4 bridgehead atoms. The van der Waals surface area contributed by atoms with Gasteiger partial charge < -0.3 is 20.1 Å². The smallest absolute Gasteiger partial charge is 0.226 e. The van der Waals surface area contributed by atoms with Gasteiger partial charge in [0.25, 0.3) is 0 Å². The van der Waals surface area contributed by atoms with Crippen molar-refractivity contribution in [3.05, 3.63) is 23.9 Å². The Bertz CT molecular complexity index is 971. The minimum absolute atomic E-state index is 0.341. The molecule has 2 heterocycles. The lowest BCUT2D eigenvalue weighted by Gasteiger charge is -2.59. The summed E-state index contributed by atoms with van der Waals surface area (Å²) in [5, 5.41) is 16.0. The predicted molar refractivity (Wildman–Crippen MR) is 121 cm³/mol. The van der Waals surface area contributed by atoms with Crippen molar-refractivity contribution in [2.24, 2.45) is 17.8 Å². The molecule has 5 atom stereocenters. The predicted octanol–water partition coefficient (Wildman–Crippen LogP) is 3.44. The molecule has 7 rings (SSSR count). The quantitative estimate of drug-likeness (QED) is 0.787. The maximum absolute atomic E-state index is 10.9. The van der Waals surface area contributed by atoms with Crippen molar-refractivity contribution in [2.45, 2.75) is 69.6 Å². The van der Waals surface area contributed by atoms with Crippen LogP contribution < -0.4 is 15.0 Å². The molecule has 5 aliphatic rings. The van der Waals surface area contributed by atoms with Gasteiger partial charge in [0.1, 0.15) is 5.75 Å². The maximum Gasteiger partial charge on any atom is 0.226 e. The zero-order chi connectivity index (χ0) is 21.2. The third-order valence-electron chi connectivity index (χ3n) is 8.53. The molecule has 1 aliphatic heterocycles. The largest absolute Gasteiger partial charge is 0.497 e. The van der Waals surface area contributed by atoms with E-state index in [1.165, 1.54) is 12.8 Å². The Morgan fingerprint density at radius 3 is 2.52 bits per heavy atom. The summed E-state index contributed by atoms with van der Waals surface area (Å²) in [4.78, 5) is 12.0. The Labute approximate surface area is 184 Å². The minimum atomic E-state index is -0.341. The summed E-state index contributed by atoms with van der Waals surface area (Å²) in [5.41, 5.74) is 1.63. The first kappa shape index (κ1) is 19.7. The lowest BCUT2D eigenvalue weighted by Crippen LogP contribution is -2.62. The molecule has 166 valence electrons. The van der Waals surface area contributed by atoms with Crippen LogP contribution >= 0.6 is 0 Å². The van der Waals surface area contributed by atoms with E-state index < -0.39 is 0 Å².